The Balaban J connectivity index is 2.27. The summed E-state index contributed by atoms with van der Waals surface area (Å²) in [5.41, 5.74) is 2.05. The minimum atomic E-state index is -0.736. The van der Waals surface area contributed by atoms with Crippen LogP contribution in [0, 0.1) is 11.3 Å². The number of pyridine rings is 1. The lowest BCUT2D eigenvalue weighted by atomic mass is 9.72. The second-order valence-corrected chi connectivity index (χ2v) is 6.89. The summed E-state index contributed by atoms with van der Waals surface area (Å²) < 4.78 is 0. The molecule has 1 heterocycles. The fraction of sp³-hybridized carbons (Fsp3) is 0.238. The Morgan fingerprint density at radius 3 is 2.56 bits per heavy atom. The minimum Gasteiger partial charge on any atom is -0.309 e. The molecule has 0 radical (unpaired) electrons. The fourth-order valence-corrected chi connectivity index (χ4v) is 3.39. The van der Waals surface area contributed by atoms with Crippen molar-refractivity contribution in [2.75, 3.05) is 20.6 Å². The quantitative estimate of drug-likeness (QED) is 0.673. The third-order valence-electron chi connectivity index (χ3n) is 4.56. The first kappa shape index (κ1) is 17.4. The van der Waals surface area contributed by atoms with Gasteiger partial charge >= 0.3 is 0 Å². The van der Waals surface area contributed by atoms with Crippen molar-refractivity contribution in [1.82, 2.24) is 9.88 Å². The molecule has 0 saturated carbocycles. The minimum absolute atomic E-state index is 0.646. The molecule has 3 nitrogen and oxygen atoms in total. The van der Waals surface area contributed by atoms with Gasteiger partial charge < -0.3 is 4.90 Å². The van der Waals surface area contributed by atoms with E-state index >= 15 is 0 Å². The van der Waals surface area contributed by atoms with Crippen LogP contribution < -0.4 is 0 Å². The summed E-state index contributed by atoms with van der Waals surface area (Å²) in [4.78, 5) is 6.54. The maximum atomic E-state index is 10.3. The van der Waals surface area contributed by atoms with Crippen molar-refractivity contribution in [3.05, 3.63) is 76.9 Å². The molecule has 0 spiro atoms. The van der Waals surface area contributed by atoms with E-state index in [1.54, 1.807) is 6.20 Å². The molecule has 1 atom stereocenters. The zero-order valence-corrected chi connectivity index (χ0v) is 15.2. The van der Waals surface area contributed by atoms with Gasteiger partial charge in [-0.05, 0) is 56.4 Å². The molecule has 0 aliphatic rings. The van der Waals surface area contributed by atoms with Crippen LogP contribution in [0.3, 0.4) is 0 Å². The van der Waals surface area contributed by atoms with E-state index in [2.05, 4.69) is 16.0 Å². The molecule has 3 rings (SSSR count). The van der Waals surface area contributed by atoms with E-state index in [0.717, 1.165) is 28.6 Å². The Kier molecular flexibility index (Phi) is 5.03. The Morgan fingerprint density at radius 2 is 1.88 bits per heavy atom. The number of rotatable bonds is 5. The fourth-order valence-electron chi connectivity index (χ4n) is 3.22. The average Bonchev–Trinajstić information content (AvgIpc) is 2.63. The summed E-state index contributed by atoms with van der Waals surface area (Å²) in [7, 11) is 4.05. The Hall–Kier alpha value is -2.41. The van der Waals surface area contributed by atoms with Gasteiger partial charge in [0.05, 0.1) is 11.6 Å². The zero-order chi connectivity index (χ0) is 17.9. The lowest BCUT2D eigenvalue weighted by Crippen LogP contribution is -2.31. The number of hydrogen-bond acceptors (Lipinski definition) is 3. The molecule has 0 aliphatic carbocycles. The van der Waals surface area contributed by atoms with Gasteiger partial charge in [0.2, 0.25) is 0 Å². The van der Waals surface area contributed by atoms with E-state index in [1.807, 2.05) is 68.7 Å². The van der Waals surface area contributed by atoms with Crippen LogP contribution in [0.2, 0.25) is 5.02 Å². The normalized spacial score (nSPS) is 13.6. The molecule has 4 heteroatoms. The molecule has 1 aromatic heterocycles. The van der Waals surface area contributed by atoms with Gasteiger partial charge in [0.25, 0.3) is 0 Å². The molecule has 0 bridgehead atoms. The molecule has 0 fully saturated rings. The van der Waals surface area contributed by atoms with Crippen molar-refractivity contribution in [1.29, 1.82) is 5.26 Å². The molecule has 0 N–H and O–H groups in total. The Labute approximate surface area is 153 Å². The van der Waals surface area contributed by atoms with E-state index < -0.39 is 5.41 Å². The van der Waals surface area contributed by atoms with E-state index in [1.165, 1.54) is 0 Å². The molecule has 25 heavy (non-hydrogen) atoms. The largest absolute Gasteiger partial charge is 0.309 e. The number of benzene rings is 2. The van der Waals surface area contributed by atoms with Crippen LogP contribution >= 0.6 is 11.6 Å². The summed E-state index contributed by atoms with van der Waals surface area (Å²) in [5.74, 6) is 0. The molecule has 126 valence electrons. The van der Waals surface area contributed by atoms with Gasteiger partial charge in [0, 0.05) is 16.6 Å². The van der Waals surface area contributed by atoms with Gasteiger partial charge in [-0.3, -0.25) is 4.98 Å². The van der Waals surface area contributed by atoms with Gasteiger partial charge in [0.1, 0.15) is 5.41 Å². The Morgan fingerprint density at radius 1 is 1.12 bits per heavy atom. The highest BCUT2D eigenvalue weighted by Gasteiger charge is 2.35. The SMILES string of the molecule is CN(C)CCC(C#N)(c1ccccc1)c1ccnc2cc(Cl)ccc12. The van der Waals surface area contributed by atoms with Crippen LogP contribution in [-0.2, 0) is 5.41 Å². The van der Waals surface area contributed by atoms with Gasteiger partial charge in [-0.2, -0.15) is 5.26 Å². The van der Waals surface area contributed by atoms with Gasteiger partial charge in [-0.1, -0.05) is 48.0 Å². The predicted molar refractivity (Wildman–Crippen MR) is 103 cm³/mol. The summed E-state index contributed by atoms with van der Waals surface area (Å²) in [6.07, 6.45) is 2.46. The van der Waals surface area contributed by atoms with E-state index in [4.69, 9.17) is 11.6 Å². The maximum Gasteiger partial charge on any atom is 0.109 e. The summed E-state index contributed by atoms with van der Waals surface area (Å²) >= 11 is 6.13. The van der Waals surface area contributed by atoms with E-state index in [9.17, 15) is 5.26 Å². The second kappa shape index (κ2) is 7.23. The molecular formula is C21H20ClN3. The standard InChI is InChI=1S/C21H20ClN3/c1-25(2)13-11-21(15-23,16-6-4-3-5-7-16)19-10-12-24-20-14-17(22)8-9-18(19)20/h3-10,12,14H,11,13H2,1-2H3. The van der Waals surface area contributed by atoms with Crippen molar-refractivity contribution in [3.8, 4) is 6.07 Å². The molecule has 2 aromatic carbocycles. The molecule has 0 amide bonds. The van der Waals surface area contributed by atoms with Crippen molar-refractivity contribution < 1.29 is 0 Å². The topological polar surface area (TPSA) is 39.9 Å². The molecule has 0 aliphatic heterocycles. The molecular weight excluding hydrogens is 330 g/mol. The highest BCUT2D eigenvalue weighted by atomic mass is 35.5. The van der Waals surface area contributed by atoms with Crippen molar-refractivity contribution in [2.45, 2.75) is 11.8 Å². The summed E-state index contributed by atoms with van der Waals surface area (Å²) in [5, 5.41) is 11.9. The number of nitriles is 1. The van der Waals surface area contributed by atoms with Gasteiger partial charge in [0.15, 0.2) is 0 Å². The highest BCUT2D eigenvalue weighted by molar-refractivity contribution is 6.31. The first-order valence-electron chi connectivity index (χ1n) is 8.23. The lowest BCUT2D eigenvalue weighted by molar-refractivity contribution is 0.372. The third-order valence-corrected chi connectivity index (χ3v) is 4.79. The number of nitrogens with zero attached hydrogens (tertiary/aromatic N) is 3. The van der Waals surface area contributed by atoms with Crippen LogP contribution in [0.25, 0.3) is 10.9 Å². The van der Waals surface area contributed by atoms with Crippen molar-refractivity contribution in [2.24, 2.45) is 0 Å². The van der Waals surface area contributed by atoms with Crippen LogP contribution in [0.1, 0.15) is 17.5 Å². The van der Waals surface area contributed by atoms with Gasteiger partial charge in [-0.15, -0.1) is 0 Å². The number of hydrogen-bond donors (Lipinski definition) is 0. The summed E-state index contributed by atoms with van der Waals surface area (Å²) in [6.45, 7) is 0.805. The average molecular weight is 350 g/mol. The van der Waals surface area contributed by atoms with Crippen LogP contribution in [-0.4, -0.2) is 30.5 Å². The second-order valence-electron chi connectivity index (χ2n) is 6.46. The smallest absolute Gasteiger partial charge is 0.109 e. The monoisotopic (exact) mass is 349 g/mol. The Bertz CT molecular complexity index is 915. The van der Waals surface area contributed by atoms with E-state index in [0.29, 0.717) is 11.4 Å². The van der Waals surface area contributed by atoms with Gasteiger partial charge in [-0.25, -0.2) is 0 Å². The number of fused-ring (bicyclic) bond motifs is 1. The first-order valence-corrected chi connectivity index (χ1v) is 8.61. The third kappa shape index (κ3) is 3.37. The van der Waals surface area contributed by atoms with Crippen LogP contribution in [0.4, 0.5) is 0 Å². The number of halogens is 1. The highest BCUT2D eigenvalue weighted by Crippen LogP contribution is 2.39. The lowest BCUT2D eigenvalue weighted by Gasteiger charge is -2.30. The zero-order valence-electron chi connectivity index (χ0n) is 14.4. The molecule has 3 aromatic rings. The number of aromatic nitrogens is 1. The predicted octanol–water partition coefficient (Wildman–Crippen LogP) is 4.65. The molecule has 1 unspecified atom stereocenters. The maximum absolute atomic E-state index is 10.3. The van der Waals surface area contributed by atoms with Crippen LogP contribution in [0.5, 0.6) is 0 Å². The van der Waals surface area contributed by atoms with Crippen molar-refractivity contribution >= 4 is 22.5 Å². The van der Waals surface area contributed by atoms with Crippen LogP contribution in [0.15, 0.2) is 60.8 Å². The first-order chi connectivity index (χ1) is 12.1. The van der Waals surface area contributed by atoms with E-state index in [-0.39, 0.29) is 0 Å². The van der Waals surface area contributed by atoms with Crippen molar-refractivity contribution in [3.63, 3.8) is 0 Å². The molecule has 0 saturated heterocycles. The summed E-state index contributed by atoms with van der Waals surface area (Å²) in [6, 6.07) is 20.2.